The lowest BCUT2D eigenvalue weighted by Crippen LogP contribution is -2.66. The number of nitrogens with zero attached hydrogens (tertiary/aromatic N) is 1. The van der Waals surface area contributed by atoms with E-state index in [-0.39, 0.29) is 32.1 Å². The van der Waals surface area contributed by atoms with Gasteiger partial charge in [-0.2, -0.15) is 0 Å². The molecule has 16 nitrogen and oxygen atoms in total. The number of esters is 3. The number of hydrogen-bond acceptors (Lipinski definition) is 16. The molecule has 0 amide bonds. The van der Waals surface area contributed by atoms with Gasteiger partial charge in [0.25, 0.3) is 0 Å². The molecule has 3 heterocycles. The van der Waals surface area contributed by atoms with Gasteiger partial charge in [-0.05, 0) is 60.0 Å². The lowest BCUT2D eigenvalue weighted by molar-refractivity contribution is -0.344. The van der Waals surface area contributed by atoms with Crippen molar-refractivity contribution < 1.29 is 72.4 Å². The van der Waals surface area contributed by atoms with E-state index in [0.717, 1.165) is 0 Å². The Hall–Kier alpha value is -2.80. The Morgan fingerprint density at radius 3 is 2.23 bits per heavy atom. The van der Waals surface area contributed by atoms with Crippen molar-refractivity contribution in [2.24, 2.45) is 11.8 Å². The van der Waals surface area contributed by atoms with Gasteiger partial charge in [0.05, 0.1) is 36.9 Å². The normalized spacial score (nSPS) is 40.0. The molecule has 3 N–H and O–H groups in total. The Bertz CT molecular complexity index is 1350. The molecular weight excluding hydrogens is 746 g/mol. The molecule has 0 aromatic rings. The van der Waals surface area contributed by atoms with Crippen LogP contribution in [0.4, 0.5) is 0 Å². The third-order valence-corrected chi connectivity index (χ3v) is 10.9. The van der Waals surface area contributed by atoms with Gasteiger partial charge in [0.15, 0.2) is 18.7 Å². The van der Waals surface area contributed by atoms with Gasteiger partial charge < -0.3 is 62.9 Å². The van der Waals surface area contributed by atoms with Crippen LogP contribution in [-0.2, 0) is 57.1 Å². The van der Waals surface area contributed by atoms with Gasteiger partial charge in [-0.15, -0.1) is 0 Å². The van der Waals surface area contributed by atoms with Crippen LogP contribution in [-0.4, -0.2) is 151 Å². The highest BCUT2D eigenvalue weighted by Crippen LogP contribution is 2.37. The van der Waals surface area contributed by atoms with E-state index >= 15 is 0 Å². The van der Waals surface area contributed by atoms with Crippen molar-refractivity contribution in [3.63, 3.8) is 0 Å². The lowest BCUT2D eigenvalue weighted by atomic mass is 9.82. The summed E-state index contributed by atoms with van der Waals surface area (Å²) in [7, 11) is 4.86. The number of methoxy groups -OCH3 is 1. The third kappa shape index (κ3) is 13.6. The van der Waals surface area contributed by atoms with E-state index in [1.807, 2.05) is 13.0 Å². The fraction of sp³-hybridized carbons (Fsp3) is 0.805. The van der Waals surface area contributed by atoms with Crippen molar-refractivity contribution in [1.29, 1.82) is 0 Å². The quantitative estimate of drug-likeness (QED) is 0.147. The SMILES string of the molecule is CCC(=O)OC1CC(=O)OC(C)CC=CC=CC(O)C(C)CC(CC=O)C(OC2OC(C)C(OC3C[C@@](C)(O)C(OC(=O)CC)C(C)O3)C(N(C)C)C2O)C1OC. The molecular formula is C41H67NO15. The van der Waals surface area contributed by atoms with Crippen LogP contribution in [0.25, 0.3) is 0 Å². The molecule has 0 saturated carbocycles. The molecule has 57 heavy (non-hydrogen) atoms. The number of aldehydes is 1. The Morgan fingerprint density at radius 2 is 1.63 bits per heavy atom. The molecule has 0 bridgehead atoms. The number of carbonyl (C=O) groups is 4. The van der Waals surface area contributed by atoms with Gasteiger partial charge in [0, 0.05) is 39.2 Å². The van der Waals surface area contributed by atoms with Gasteiger partial charge in [0.1, 0.15) is 42.4 Å². The van der Waals surface area contributed by atoms with Crippen LogP contribution < -0.4 is 0 Å². The molecule has 3 aliphatic rings. The van der Waals surface area contributed by atoms with E-state index in [1.165, 1.54) is 7.11 Å². The highest BCUT2D eigenvalue weighted by molar-refractivity contribution is 5.72. The number of cyclic esters (lactones) is 1. The first-order valence-electron chi connectivity index (χ1n) is 20.1. The van der Waals surface area contributed by atoms with Crippen LogP contribution in [0.1, 0.15) is 93.4 Å². The number of aliphatic hydroxyl groups excluding tert-OH is 2. The van der Waals surface area contributed by atoms with Crippen LogP contribution in [0.2, 0.25) is 0 Å². The zero-order chi connectivity index (χ0) is 42.6. The predicted octanol–water partition coefficient (Wildman–Crippen LogP) is 2.77. The van der Waals surface area contributed by atoms with E-state index in [4.69, 9.17) is 37.9 Å². The van der Waals surface area contributed by atoms with Crippen molar-refractivity contribution in [2.45, 2.75) is 179 Å². The van der Waals surface area contributed by atoms with Gasteiger partial charge in [-0.3, -0.25) is 14.4 Å². The number of ether oxygens (including phenoxy) is 8. The minimum absolute atomic E-state index is 0.000633. The van der Waals surface area contributed by atoms with Crippen molar-refractivity contribution in [3.8, 4) is 0 Å². The van der Waals surface area contributed by atoms with E-state index in [0.29, 0.717) is 12.7 Å². The summed E-state index contributed by atoms with van der Waals surface area (Å²) in [5.41, 5.74) is -1.49. The van der Waals surface area contributed by atoms with Gasteiger partial charge >= 0.3 is 17.9 Å². The summed E-state index contributed by atoms with van der Waals surface area (Å²) in [6.07, 6.45) is -4.08. The minimum atomic E-state index is -1.49. The Morgan fingerprint density at radius 1 is 0.965 bits per heavy atom. The maximum atomic E-state index is 13.3. The van der Waals surface area contributed by atoms with Crippen molar-refractivity contribution in [1.82, 2.24) is 4.90 Å². The summed E-state index contributed by atoms with van der Waals surface area (Å²) >= 11 is 0. The monoisotopic (exact) mass is 813 g/mol. The van der Waals surface area contributed by atoms with Gasteiger partial charge in [0.2, 0.25) is 0 Å². The Balaban J connectivity index is 2.01. The highest BCUT2D eigenvalue weighted by atomic mass is 16.7. The second-order valence-electron chi connectivity index (χ2n) is 16.0. The number of likely N-dealkylation sites (N-methyl/N-ethyl adjacent to an activating group) is 1. The molecule has 0 aliphatic carbocycles. The molecule has 326 valence electrons. The Labute approximate surface area is 337 Å². The van der Waals surface area contributed by atoms with E-state index < -0.39 is 121 Å². The second kappa shape index (κ2) is 22.5. The zero-order valence-electron chi connectivity index (χ0n) is 35.2. The average Bonchev–Trinajstić information content (AvgIpc) is 3.13. The van der Waals surface area contributed by atoms with Crippen LogP contribution in [0.3, 0.4) is 0 Å². The summed E-state index contributed by atoms with van der Waals surface area (Å²) in [6.45, 7) is 11.8. The molecule has 15 unspecified atom stereocenters. The standard InChI is InChI=1S/C41H67NO15/c1-11-30(45)54-29-21-32(47)51-24(4)16-14-13-15-17-28(44)23(3)20-27(18-19-43)37(38(29)50-10)57-40-35(48)34(42(8)9)36(25(5)53-40)56-33-22-41(7,49)39(26(6)52-33)55-31(46)12-2/h13-15,17,19,23-29,33-40,44,48-49H,11-12,16,18,20-22H2,1-10H3/t23?,24?,25?,26?,27?,28?,29?,33?,34?,35?,36?,37?,38?,39?,40?,41-/m1/s1. The molecule has 3 aliphatic heterocycles. The third-order valence-electron chi connectivity index (χ3n) is 10.9. The number of aliphatic hydroxyl groups is 3. The maximum absolute atomic E-state index is 13.3. The molecule has 16 heteroatoms. The first-order chi connectivity index (χ1) is 26.9. The molecule has 0 radical (unpaired) electrons. The second-order valence-corrected chi connectivity index (χ2v) is 16.0. The average molecular weight is 814 g/mol. The van der Waals surface area contributed by atoms with Crippen LogP contribution in [0, 0.1) is 11.8 Å². The fourth-order valence-electron chi connectivity index (χ4n) is 7.82. The number of rotatable bonds is 12. The summed E-state index contributed by atoms with van der Waals surface area (Å²) < 4.78 is 48.5. The number of allylic oxidation sites excluding steroid dienone is 2. The fourth-order valence-corrected chi connectivity index (χ4v) is 7.82. The van der Waals surface area contributed by atoms with E-state index in [9.17, 15) is 34.5 Å². The maximum Gasteiger partial charge on any atom is 0.309 e. The molecule has 0 aromatic heterocycles. The topological polar surface area (TPSA) is 206 Å². The smallest absolute Gasteiger partial charge is 0.309 e. The predicted molar refractivity (Wildman–Crippen MR) is 205 cm³/mol. The number of hydrogen-bond donors (Lipinski definition) is 3. The van der Waals surface area contributed by atoms with E-state index in [2.05, 4.69) is 0 Å². The Kier molecular flexibility index (Phi) is 19.2. The summed E-state index contributed by atoms with van der Waals surface area (Å²) in [5.74, 6) is -2.82. The molecule has 2 fully saturated rings. The largest absolute Gasteiger partial charge is 0.462 e. The summed E-state index contributed by atoms with van der Waals surface area (Å²) in [5, 5.41) is 34.5. The van der Waals surface area contributed by atoms with Crippen molar-refractivity contribution >= 4 is 24.2 Å². The van der Waals surface area contributed by atoms with Crippen molar-refractivity contribution in [3.05, 3.63) is 24.3 Å². The van der Waals surface area contributed by atoms with Gasteiger partial charge in [-0.25, -0.2) is 0 Å². The molecule has 3 rings (SSSR count). The highest BCUT2D eigenvalue weighted by Gasteiger charge is 2.53. The first-order valence-corrected chi connectivity index (χ1v) is 20.1. The zero-order valence-corrected chi connectivity index (χ0v) is 35.2. The lowest BCUT2D eigenvalue weighted by Gasteiger charge is -2.50. The van der Waals surface area contributed by atoms with E-state index in [1.54, 1.807) is 78.8 Å². The summed E-state index contributed by atoms with van der Waals surface area (Å²) in [4.78, 5) is 52.3. The first kappa shape index (κ1) is 48.6. The molecule has 16 atom stereocenters. The summed E-state index contributed by atoms with van der Waals surface area (Å²) in [6, 6.07) is -0.779. The van der Waals surface area contributed by atoms with Crippen molar-refractivity contribution in [2.75, 3.05) is 21.2 Å². The molecule has 0 aromatic carbocycles. The molecule has 2 saturated heterocycles. The van der Waals surface area contributed by atoms with Crippen LogP contribution >= 0.6 is 0 Å². The molecule has 0 spiro atoms. The number of carbonyl (C=O) groups excluding carboxylic acids is 4. The van der Waals surface area contributed by atoms with Gasteiger partial charge in [-0.1, -0.05) is 45.1 Å². The van der Waals surface area contributed by atoms with Crippen LogP contribution in [0.15, 0.2) is 24.3 Å². The minimum Gasteiger partial charge on any atom is -0.462 e. The van der Waals surface area contributed by atoms with Crippen LogP contribution in [0.5, 0.6) is 0 Å².